The molecule has 1 aromatic heterocycles. The first-order chi connectivity index (χ1) is 16.5. The molecule has 0 aliphatic heterocycles. The van der Waals surface area contributed by atoms with E-state index in [4.69, 9.17) is 24.3 Å². The molecule has 0 unspecified atom stereocenters. The average Bonchev–Trinajstić information content (AvgIpc) is 3.26. The van der Waals surface area contributed by atoms with Crippen molar-refractivity contribution in [2.75, 3.05) is 21.3 Å². The SMILES string of the molecule is COc1cc(-c2csc(=NC3CCCCC3)n2N=Cc2cc(Br)ccc2O)cc(OC)c1OC. The Hall–Kier alpha value is -2.78. The molecule has 0 amide bonds. The van der Waals surface area contributed by atoms with E-state index in [9.17, 15) is 5.11 Å². The number of benzene rings is 2. The van der Waals surface area contributed by atoms with Crippen molar-refractivity contribution in [2.45, 2.75) is 38.1 Å². The highest BCUT2D eigenvalue weighted by molar-refractivity contribution is 9.10. The quantitative estimate of drug-likeness (QED) is 0.379. The van der Waals surface area contributed by atoms with Crippen LogP contribution in [0.2, 0.25) is 0 Å². The van der Waals surface area contributed by atoms with Crippen molar-refractivity contribution in [3.05, 3.63) is 50.5 Å². The Morgan fingerprint density at radius 1 is 1.03 bits per heavy atom. The molecule has 7 nitrogen and oxygen atoms in total. The lowest BCUT2D eigenvalue weighted by atomic mass is 9.96. The van der Waals surface area contributed by atoms with Crippen LogP contribution in [0.15, 0.2) is 50.3 Å². The number of nitrogens with zero attached hydrogens (tertiary/aromatic N) is 3. The predicted octanol–water partition coefficient (Wildman–Crippen LogP) is 5.83. The number of halogens is 1. The van der Waals surface area contributed by atoms with E-state index in [2.05, 4.69) is 15.9 Å². The first-order valence-corrected chi connectivity index (χ1v) is 12.8. The zero-order valence-corrected chi connectivity index (χ0v) is 21.9. The summed E-state index contributed by atoms with van der Waals surface area (Å²) in [5.74, 6) is 1.82. The van der Waals surface area contributed by atoms with Gasteiger partial charge in [-0.15, -0.1) is 11.3 Å². The number of methoxy groups -OCH3 is 3. The highest BCUT2D eigenvalue weighted by Gasteiger charge is 2.18. The van der Waals surface area contributed by atoms with E-state index in [-0.39, 0.29) is 5.75 Å². The van der Waals surface area contributed by atoms with Crippen molar-refractivity contribution in [2.24, 2.45) is 10.1 Å². The Labute approximate surface area is 211 Å². The zero-order valence-electron chi connectivity index (χ0n) is 19.5. The van der Waals surface area contributed by atoms with Crippen molar-refractivity contribution in [1.82, 2.24) is 4.68 Å². The van der Waals surface area contributed by atoms with Gasteiger partial charge in [0.1, 0.15) is 5.75 Å². The van der Waals surface area contributed by atoms with Gasteiger partial charge in [0.25, 0.3) is 0 Å². The smallest absolute Gasteiger partial charge is 0.206 e. The Kier molecular flexibility index (Phi) is 7.95. The minimum atomic E-state index is 0.155. The largest absolute Gasteiger partial charge is 0.507 e. The molecule has 1 fully saturated rings. The molecular weight excluding hydrogens is 518 g/mol. The molecule has 1 N–H and O–H groups in total. The third-order valence-electron chi connectivity index (χ3n) is 5.82. The topological polar surface area (TPSA) is 77.6 Å². The lowest BCUT2D eigenvalue weighted by Gasteiger charge is -2.17. The van der Waals surface area contributed by atoms with Gasteiger partial charge in [-0.25, -0.2) is 4.68 Å². The number of aromatic nitrogens is 1. The van der Waals surface area contributed by atoms with Crippen molar-refractivity contribution in [1.29, 1.82) is 0 Å². The monoisotopic (exact) mass is 545 g/mol. The first kappa shape index (κ1) is 24.3. The molecule has 1 aliphatic carbocycles. The number of phenolic OH excluding ortho intramolecular Hbond substituents is 1. The summed E-state index contributed by atoms with van der Waals surface area (Å²) < 4.78 is 19.3. The maximum Gasteiger partial charge on any atom is 0.206 e. The molecule has 0 radical (unpaired) electrons. The highest BCUT2D eigenvalue weighted by atomic mass is 79.9. The summed E-state index contributed by atoms with van der Waals surface area (Å²) in [5, 5.41) is 17.1. The summed E-state index contributed by atoms with van der Waals surface area (Å²) in [6.45, 7) is 0. The van der Waals surface area contributed by atoms with Crippen LogP contribution in [0.3, 0.4) is 0 Å². The molecule has 3 aromatic rings. The van der Waals surface area contributed by atoms with Crippen LogP contribution in [0, 0.1) is 0 Å². The molecule has 2 aromatic carbocycles. The summed E-state index contributed by atoms with van der Waals surface area (Å²) in [6, 6.07) is 9.34. The van der Waals surface area contributed by atoms with E-state index in [1.807, 2.05) is 28.3 Å². The van der Waals surface area contributed by atoms with Gasteiger partial charge >= 0.3 is 0 Å². The van der Waals surface area contributed by atoms with E-state index in [1.165, 1.54) is 19.3 Å². The zero-order chi connectivity index (χ0) is 24.1. The number of hydrogen-bond acceptors (Lipinski definition) is 7. The Bertz CT molecular complexity index is 1220. The summed E-state index contributed by atoms with van der Waals surface area (Å²) in [7, 11) is 4.78. The van der Waals surface area contributed by atoms with Gasteiger partial charge in [-0.1, -0.05) is 35.2 Å². The number of thiazole rings is 1. The fraction of sp³-hybridized carbons (Fsp3) is 0.360. The van der Waals surface area contributed by atoms with Gasteiger partial charge in [-0.3, -0.25) is 4.99 Å². The van der Waals surface area contributed by atoms with Crippen molar-refractivity contribution >= 4 is 33.5 Å². The van der Waals surface area contributed by atoms with Crippen LogP contribution >= 0.6 is 27.3 Å². The second kappa shape index (κ2) is 11.1. The predicted molar refractivity (Wildman–Crippen MR) is 139 cm³/mol. The van der Waals surface area contributed by atoms with Crippen LogP contribution < -0.4 is 19.0 Å². The summed E-state index contributed by atoms with van der Waals surface area (Å²) in [5.41, 5.74) is 2.29. The van der Waals surface area contributed by atoms with Crippen LogP contribution in [0.4, 0.5) is 0 Å². The van der Waals surface area contributed by atoms with Gasteiger partial charge < -0.3 is 19.3 Å². The lowest BCUT2D eigenvalue weighted by Crippen LogP contribution is -2.19. The molecule has 0 bridgehead atoms. The standard InChI is InChI=1S/C25H28BrN3O4S/c1-31-22-12-16(13-23(32-2)24(22)33-3)20-15-34-25(28-19-7-5-4-6-8-19)29(20)27-14-17-11-18(26)9-10-21(17)30/h9-15,19,30H,4-8H2,1-3H3. The second-order valence-corrected chi connectivity index (χ2v) is 9.75. The number of hydrogen-bond donors (Lipinski definition) is 1. The molecule has 0 saturated heterocycles. The number of phenols is 1. The Balaban J connectivity index is 1.86. The second-order valence-electron chi connectivity index (χ2n) is 8.00. The van der Waals surface area contributed by atoms with Crippen LogP contribution in [0.1, 0.15) is 37.7 Å². The molecule has 34 heavy (non-hydrogen) atoms. The van der Waals surface area contributed by atoms with Crippen molar-refractivity contribution < 1.29 is 19.3 Å². The van der Waals surface area contributed by atoms with Gasteiger partial charge in [-0.2, -0.15) is 5.10 Å². The fourth-order valence-electron chi connectivity index (χ4n) is 4.04. The van der Waals surface area contributed by atoms with Gasteiger partial charge in [0.2, 0.25) is 10.6 Å². The first-order valence-electron chi connectivity index (χ1n) is 11.1. The molecule has 9 heteroatoms. The third-order valence-corrected chi connectivity index (χ3v) is 7.14. The Morgan fingerprint density at radius 3 is 2.38 bits per heavy atom. The van der Waals surface area contributed by atoms with Gasteiger partial charge in [0, 0.05) is 21.0 Å². The maximum atomic E-state index is 10.3. The van der Waals surface area contributed by atoms with E-state index >= 15 is 0 Å². The van der Waals surface area contributed by atoms with Crippen LogP contribution in [0.5, 0.6) is 23.0 Å². The fourth-order valence-corrected chi connectivity index (χ4v) is 5.33. The van der Waals surface area contributed by atoms with Crippen molar-refractivity contribution in [3.8, 4) is 34.3 Å². The van der Waals surface area contributed by atoms with Crippen LogP contribution in [-0.4, -0.2) is 43.4 Å². The number of rotatable bonds is 7. The van der Waals surface area contributed by atoms with E-state index < -0.39 is 0 Å². The van der Waals surface area contributed by atoms with Crippen molar-refractivity contribution in [3.63, 3.8) is 0 Å². The summed E-state index contributed by atoms with van der Waals surface area (Å²) >= 11 is 5.00. The molecular formula is C25H28BrN3O4S. The van der Waals surface area contributed by atoms with Crippen LogP contribution in [0.25, 0.3) is 11.3 Å². The minimum absolute atomic E-state index is 0.155. The molecule has 180 valence electrons. The number of aromatic hydroxyl groups is 1. The Morgan fingerprint density at radius 2 is 1.74 bits per heavy atom. The van der Waals surface area contributed by atoms with E-state index in [0.29, 0.717) is 28.9 Å². The molecule has 1 heterocycles. The normalized spacial score (nSPS) is 15.1. The summed E-state index contributed by atoms with van der Waals surface area (Å²) in [4.78, 5) is 5.85. The molecule has 4 rings (SSSR count). The lowest BCUT2D eigenvalue weighted by molar-refractivity contribution is 0.324. The average molecular weight is 546 g/mol. The number of ether oxygens (including phenoxy) is 3. The molecule has 1 aliphatic rings. The third kappa shape index (κ3) is 5.31. The molecule has 0 atom stereocenters. The summed E-state index contributed by atoms with van der Waals surface area (Å²) in [6.07, 6.45) is 7.51. The van der Waals surface area contributed by atoms with Gasteiger partial charge in [0.05, 0.1) is 39.3 Å². The van der Waals surface area contributed by atoms with E-state index in [1.54, 1.807) is 51.0 Å². The van der Waals surface area contributed by atoms with Crippen LogP contribution in [-0.2, 0) is 0 Å². The minimum Gasteiger partial charge on any atom is -0.507 e. The maximum absolute atomic E-state index is 10.3. The van der Waals surface area contributed by atoms with E-state index in [0.717, 1.165) is 33.4 Å². The van der Waals surface area contributed by atoms with Gasteiger partial charge in [-0.05, 0) is 43.2 Å². The molecule has 0 spiro atoms. The molecule has 1 saturated carbocycles. The highest BCUT2D eigenvalue weighted by Crippen LogP contribution is 2.41. The van der Waals surface area contributed by atoms with Gasteiger partial charge in [0.15, 0.2) is 11.5 Å².